The molecular weight excluding hydrogens is 484 g/mol. The van der Waals surface area contributed by atoms with Crippen LogP contribution in [0.5, 0.6) is 0 Å². The van der Waals surface area contributed by atoms with Gasteiger partial charge in [0.05, 0.1) is 27.8 Å². The first-order chi connectivity index (χ1) is 19.9. The van der Waals surface area contributed by atoms with Crippen molar-refractivity contribution in [1.82, 2.24) is 9.13 Å². The van der Waals surface area contributed by atoms with Gasteiger partial charge in [0.15, 0.2) is 0 Å². The highest BCUT2D eigenvalue weighted by Gasteiger charge is 2.18. The van der Waals surface area contributed by atoms with Crippen LogP contribution < -0.4 is 0 Å². The van der Waals surface area contributed by atoms with E-state index in [4.69, 9.17) is 0 Å². The van der Waals surface area contributed by atoms with E-state index in [0.29, 0.717) is 0 Å². The lowest BCUT2D eigenvalue weighted by Crippen LogP contribution is -1.96. The predicted octanol–water partition coefficient (Wildman–Crippen LogP) is 10.2. The fourth-order valence-electron chi connectivity index (χ4n) is 6.75. The van der Waals surface area contributed by atoms with Crippen molar-refractivity contribution in [1.29, 1.82) is 0 Å². The highest BCUT2D eigenvalue weighted by molar-refractivity contribution is 6.23. The van der Waals surface area contributed by atoms with Crippen molar-refractivity contribution >= 4 is 65.2 Å². The van der Waals surface area contributed by atoms with Crippen LogP contribution in [0.2, 0.25) is 0 Å². The standard InChI is InChI=1S/C38H24N2/c1-2-13-27(14-3-1)39-35-18-8-6-16-29(35)31-22-21-26-23-37-33(24-32(26)38(31)39)30-17-7-9-19-36(30)40(37)34-20-10-12-25-11-4-5-15-28(25)34/h1-24H. The van der Waals surface area contributed by atoms with Crippen molar-refractivity contribution in [3.63, 3.8) is 0 Å². The summed E-state index contributed by atoms with van der Waals surface area (Å²) in [6.45, 7) is 0. The number of fused-ring (bicyclic) bond motifs is 9. The smallest absolute Gasteiger partial charge is 0.0619 e. The van der Waals surface area contributed by atoms with Gasteiger partial charge in [0.1, 0.15) is 0 Å². The lowest BCUT2D eigenvalue weighted by molar-refractivity contribution is 1.19. The van der Waals surface area contributed by atoms with E-state index in [9.17, 15) is 0 Å². The predicted molar refractivity (Wildman–Crippen MR) is 170 cm³/mol. The Morgan fingerprint density at radius 2 is 0.975 bits per heavy atom. The summed E-state index contributed by atoms with van der Waals surface area (Å²) in [5.41, 5.74) is 7.33. The summed E-state index contributed by atoms with van der Waals surface area (Å²) in [5, 5.41) is 10.1. The molecule has 2 heterocycles. The second-order valence-electron chi connectivity index (χ2n) is 10.6. The summed E-state index contributed by atoms with van der Waals surface area (Å²) in [4.78, 5) is 0. The number of hydrogen-bond acceptors (Lipinski definition) is 0. The maximum absolute atomic E-state index is 2.45. The van der Waals surface area contributed by atoms with Gasteiger partial charge in [0.2, 0.25) is 0 Å². The molecule has 2 nitrogen and oxygen atoms in total. The monoisotopic (exact) mass is 508 g/mol. The van der Waals surface area contributed by atoms with Gasteiger partial charge in [-0.2, -0.15) is 0 Å². The number of nitrogens with zero attached hydrogens (tertiary/aromatic N) is 2. The summed E-state index contributed by atoms with van der Waals surface area (Å²) < 4.78 is 4.88. The van der Waals surface area contributed by atoms with E-state index in [0.717, 1.165) is 0 Å². The Morgan fingerprint density at radius 1 is 0.325 bits per heavy atom. The van der Waals surface area contributed by atoms with E-state index in [1.807, 2.05) is 0 Å². The van der Waals surface area contributed by atoms with Crippen molar-refractivity contribution in [2.24, 2.45) is 0 Å². The molecule has 9 rings (SSSR count). The Bertz CT molecular complexity index is 2420. The molecule has 0 aliphatic heterocycles. The molecule has 0 atom stereocenters. The molecule has 0 amide bonds. The van der Waals surface area contributed by atoms with Crippen LogP contribution in [-0.2, 0) is 0 Å². The fourth-order valence-corrected chi connectivity index (χ4v) is 6.75. The van der Waals surface area contributed by atoms with Crippen molar-refractivity contribution in [3.05, 3.63) is 146 Å². The lowest BCUT2D eigenvalue weighted by Gasteiger charge is -2.13. The molecule has 0 unspecified atom stereocenters. The van der Waals surface area contributed by atoms with Gasteiger partial charge in [-0.15, -0.1) is 0 Å². The van der Waals surface area contributed by atoms with E-state index in [2.05, 4.69) is 155 Å². The summed E-state index contributed by atoms with van der Waals surface area (Å²) in [5.74, 6) is 0. The quantitative estimate of drug-likeness (QED) is 0.220. The van der Waals surface area contributed by atoms with Crippen molar-refractivity contribution in [3.8, 4) is 11.4 Å². The van der Waals surface area contributed by atoms with Crippen molar-refractivity contribution < 1.29 is 0 Å². The third-order valence-electron chi connectivity index (χ3n) is 8.46. The van der Waals surface area contributed by atoms with Gasteiger partial charge in [0.25, 0.3) is 0 Å². The molecule has 0 spiro atoms. The van der Waals surface area contributed by atoms with Gasteiger partial charge in [-0.25, -0.2) is 0 Å². The van der Waals surface area contributed by atoms with Gasteiger partial charge in [-0.3, -0.25) is 0 Å². The summed E-state index contributed by atoms with van der Waals surface area (Å²) in [6.07, 6.45) is 0. The van der Waals surface area contributed by atoms with Crippen LogP contribution in [0.15, 0.2) is 146 Å². The molecule has 2 heteroatoms. The van der Waals surface area contributed by atoms with Crippen molar-refractivity contribution in [2.75, 3.05) is 0 Å². The number of hydrogen-bond donors (Lipinski definition) is 0. The zero-order chi connectivity index (χ0) is 26.2. The Hall–Kier alpha value is -5.34. The van der Waals surface area contributed by atoms with E-state index in [1.165, 1.54) is 76.5 Å². The molecule has 0 N–H and O–H groups in total. The number of benzene rings is 7. The minimum Gasteiger partial charge on any atom is -0.309 e. The topological polar surface area (TPSA) is 9.86 Å². The van der Waals surface area contributed by atoms with Gasteiger partial charge < -0.3 is 9.13 Å². The third kappa shape index (κ3) is 2.88. The first-order valence-electron chi connectivity index (χ1n) is 13.8. The SMILES string of the molecule is c1ccc(-n2c3ccccc3c3ccc4cc5c(cc4c32)c2ccccc2n5-c2cccc3ccccc23)cc1. The zero-order valence-electron chi connectivity index (χ0n) is 21.8. The molecule has 0 saturated carbocycles. The maximum atomic E-state index is 2.45. The van der Waals surface area contributed by atoms with Crippen LogP contribution in [0.1, 0.15) is 0 Å². The normalized spacial score (nSPS) is 12.0. The van der Waals surface area contributed by atoms with E-state index < -0.39 is 0 Å². The number of aromatic nitrogens is 2. The first kappa shape index (κ1) is 21.6. The highest BCUT2D eigenvalue weighted by atomic mass is 15.0. The molecule has 0 saturated heterocycles. The Labute approximate surface area is 230 Å². The molecule has 7 aromatic carbocycles. The largest absolute Gasteiger partial charge is 0.309 e. The summed E-state index contributed by atoms with van der Waals surface area (Å²) >= 11 is 0. The van der Waals surface area contributed by atoms with Gasteiger partial charge in [0, 0.05) is 38.0 Å². The van der Waals surface area contributed by atoms with Gasteiger partial charge in [-0.05, 0) is 53.2 Å². The molecule has 0 bridgehead atoms. The lowest BCUT2D eigenvalue weighted by atomic mass is 10.0. The average Bonchev–Trinajstić information content (AvgIpc) is 3.53. The van der Waals surface area contributed by atoms with Crippen molar-refractivity contribution in [2.45, 2.75) is 0 Å². The molecular formula is C38H24N2. The fraction of sp³-hybridized carbons (Fsp3) is 0. The Balaban J connectivity index is 1.47. The molecule has 0 radical (unpaired) electrons. The number of para-hydroxylation sites is 3. The molecule has 186 valence electrons. The van der Waals surface area contributed by atoms with Crippen LogP contribution in [0.4, 0.5) is 0 Å². The minimum absolute atomic E-state index is 1.18. The Kier molecular flexibility index (Phi) is 4.36. The van der Waals surface area contributed by atoms with Crippen LogP contribution in [0, 0.1) is 0 Å². The van der Waals surface area contributed by atoms with Gasteiger partial charge >= 0.3 is 0 Å². The second-order valence-corrected chi connectivity index (χ2v) is 10.6. The number of rotatable bonds is 2. The summed E-state index contributed by atoms with van der Waals surface area (Å²) in [7, 11) is 0. The zero-order valence-corrected chi connectivity index (χ0v) is 21.8. The van der Waals surface area contributed by atoms with Crippen LogP contribution in [0.25, 0.3) is 76.5 Å². The van der Waals surface area contributed by atoms with E-state index >= 15 is 0 Å². The highest BCUT2D eigenvalue weighted by Crippen LogP contribution is 2.41. The molecule has 0 aliphatic carbocycles. The summed E-state index contributed by atoms with van der Waals surface area (Å²) in [6, 6.07) is 53.0. The minimum atomic E-state index is 1.18. The first-order valence-corrected chi connectivity index (χ1v) is 13.8. The second kappa shape index (κ2) is 8.08. The molecule has 2 aromatic heterocycles. The van der Waals surface area contributed by atoms with E-state index in [-0.39, 0.29) is 0 Å². The van der Waals surface area contributed by atoms with E-state index in [1.54, 1.807) is 0 Å². The molecule has 0 fully saturated rings. The van der Waals surface area contributed by atoms with Crippen LogP contribution in [0.3, 0.4) is 0 Å². The molecule has 9 aromatic rings. The Morgan fingerprint density at radius 3 is 1.80 bits per heavy atom. The maximum Gasteiger partial charge on any atom is 0.0619 e. The third-order valence-corrected chi connectivity index (χ3v) is 8.46. The molecule has 0 aliphatic rings. The average molecular weight is 509 g/mol. The van der Waals surface area contributed by atoms with Crippen LogP contribution in [-0.4, -0.2) is 9.13 Å². The van der Waals surface area contributed by atoms with Gasteiger partial charge in [-0.1, -0.05) is 103 Å². The molecule has 40 heavy (non-hydrogen) atoms. The van der Waals surface area contributed by atoms with Crippen LogP contribution >= 0.6 is 0 Å².